The molecule has 0 amide bonds. The van der Waals surface area contributed by atoms with E-state index < -0.39 is 0 Å². The second kappa shape index (κ2) is 4.17. The molecule has 0 aromatic rings. The average molecular weight is 181 g/mol. The van der Waals surface area contributed by atoms with Crippen LogP contribution in [0.1, 0.15) is 40.5 Å². The minimum atomic E-state index is 0.626. The van der Waals surface area contributed by atoms with Gasteiger partial charge in [0.2, 0.25) is 0 Å². The second-order valence-corrected chi connectivity index (χ2v) is 4.85. The Hall–Kier alpha value is -0.460. The van der Waals surface area contributed by atoms with Crippen molar-refractivity contribution < 1.29 is 0 Å². The van der Waals surface area contributed by atoms with Crippen LogP contribution < -0.4 is 0 Å². The SMILES string of the molecule is C=C1CC(C(C)C)CCN1C(C)C. The van der Waals surface area contributed by atoms with Crippen LogP contribution in [0, 0.1) is 11.8 Å². The molecule has 0 aliphatic carbocycles. The van der Waals surface area contributed by atoms with Gasteiger partial charge in [0, 0.05) is 18.3 Å². The summed E-state index contributed by atoms with van der Waals surface area (Å²) in [6, 6.07) is 0.626. The van der Waals surface area contributed by atoms with Crippen LogP contribution in [0.25, 0.3) is 0 Å². The quantitative estimate of drug-likeness (QED) is 0.632. The largest absolute Gasteiger partial charge is 0.373 e. The van der Waals surface area contributed by atoms with E-state index in [1.165, 1.54) is 25.1 Å². The van der Waals surface area contributed by atoms with E-state index in [0.29, 0.717) is 6.04 Å². The average Bonchev–Trinajstić information content (AvgIpc) is 2.03. The summed E-state index contributed by atoms with van der Waals surface area (Å²) in [6.45, 7) is 14.5. The summed E-state index contributed by atoms with van der Waals surface area (Å²) in [5.74, 6) is 1.67. The summed E-state index contributed by atoms with van der Waals surface area (Å²) in [5.41, 5.74) is 1.35. The zero-order chi connectivity index (χ0) is 10.0. The molecule has 1 aliphatic rings. The molecular weight excluding hydrogens is 158 g/mol. The van der Waals surface area contributed by atoms with Gasteiger partial charge in [-0.3, -0.25) is 0 Å². The molecule has 76 valence electrons. The van der Waals surface area contributed by atoms with E-state index >= 15 is 0 Å². The molecule has 0 spiro atoms. The van der Waals surface area contributed by atoms with E-state index in [4.69, 9.17) is 0 Å². The Morgan fingerprint density at radius 3 is 2.31 bits per heavy atom. The Morgan fingerprint density at radius 1 is 1.31 bits per heavy atom. The van der Waals surface area contributed by atoms with Gasteiger partial charge < -0.3 is 4.90 Å². The van der Waals surface area contributed by atoms with Crippen LogP contribution in [0.2, 0.25) is 0 Å². The fraction of sp³-hybridized carbons (Fsp3) is 0.833. The molecule has 1 fully saturated rings. The summed E-state index contributed by atoms with van der Waals surface area (Å²) >= 11 is 0. The molecule has 1 saturated heterocycles. The van der Waals surface area contributed by atoms with Crippen molar-refractivity contribution in [3.8, 4) is 0 Å². The summed E-state index contributed by atoms with van der Waals surface area (Å²) in [7, 11) is 0. The van der Waals surface area contributed by atoms with Crippen molar-refractivity contribution in [2.45, 2.75) is 46.6 Å². The first-order chi connectivity index (χ1) is 6.02. The van der Waals surface area contributed by atoms with E-state index in [1.807, 2.05) is 0 Å². The minimum absolute atomic E-state index is 0.626. The molecule has 1 rings (SSSR count). The van der Waals surface area contributed by atoms with Crippen LogP contribution in [0.4, 0.5) is 0 Å². The van der Waals surface area contributed by atoms with Crippen molar-refractivity contribution in [3.05, 3.63) is 12.3 Å². The van der Waals surface area contributed by atoms with Gasteiger partial charge in [0.1, 0.15) is 0 Å². The first-order valence-electron chi connectivity index (χ1n) is 5.46. The first kappa shape index (κ1) is 10.6. The molecule has 1 aliphatic heterocycles. The highest BCUT2D eigenvalue weighted by Gasteiger charge is 2.24. The molecule has 0 aromatic heterocycles. The van der Waals surface area contributed by atoms with Gasteiger partial charge in [-0.2, -0.15) is 0 Å². The lowest BCUT2D eigenvalue weighted by Crippen LogP contribution is -2.37. The van der Waals surface area contributed by atoms with E-state index in [2.05, 4.69) is 39.2 Å². The van der Waals surface area contributed by atoms with Crippen LogP contribution in [0.5, 0.6) is 0 Å². The van der Waals surface area contributed by atoms with Crippen molar-refractivity contribution in [1.29, 1.82) is 0 Å². The third kappa shape index (κ3) is 2.49. The van der Waals surface area contributed by atoms with Crippen molar-refractivity contribution in [2.24, 2.45) is 11.8 Å². The highest BCUT2D eigenvalue weighted by atomic mass is 15.2. The van der Waals surface area contributed by atoms with Crippen LogP contribution in [0.15, 0.2) is 12.3 Å². The van der Waals surface area contributed by atoms with Gasteiger partial charge in [0.05, 0.1) is 0 Å². The minimum Gasteiger partial charge on any atom is -0.373 e. The summed E-state index contributed by atoms with van der Waals surface area (Å²) < 4.78 is 0. The number of likely N-dealkylation sites (tertiary alicyclic amines) is 1. The lowest BCUT2D eigenvalue weighted by Gasteiger charge is -2.39. The third-order valence-corrected chi connectivity index (χ3v) is 3.21. The topological polar surface area (TPSA) is 3.24 Å². The van der Waals surface area contributed by atoms with Gasteiger partial charge in [-0.05, 0) is 38.5 Å². The standard InChI is InChI=1S/C12H23N/c1-9(2)12-6-7-13(10(3)4)11(5)8-12/h9-10,12H,5-8H2,1-4H3. The molecule has 1 heteroatoms. The van der Waals surface area contributed by atoms with E-state index in [1.54, 1.807) is 0 Å². The molecule has 0 bridgehead atoms. The molecule has 1 heterocycles. The van der Waals surface area contributed by atoms with E-state index in [-0.39, 0.29) is 0 Å². The molecule has 0 saturated carbocycles. The van der Waals surface area contributed by atoms with Crippen LogP contribution in [0.3, 0.4) is 0 Å². The second-order valence-electron chi connectivity index (χ2n) is 4.85. The Bertz CT molecular complexity index is 182. The molecule has 0 radical (unpaired) electrons. The normalized spacial score (nSPS) is 24.6. The molecule has 13 heavy (non-hydrogen) atoms. The summed E-state index contributed by atoms with van der Waals surface area (Å²) in [5, 5.41) is 0. The third-order valence-electron chi connectivity index (χ3n) is 3.21. The van der Waals surface area contributed by atoms with Crippen LogP contribution >= 0.6 is 0 Å². The van der Waals surface area contributed by atoms with Crippen molar-refractivity contribution in [1.82, 2.24) is 4.90 Å². The van der Waals surface area contributed by atoms with Crippen molar-refractivity contribution in [3.63, 3.8) is 0 Å². The number of hydrogen-bond donors (Lipinski definition) is 0. The molecule has 1 nitrogen and oxygen atoms in total. The maximum atomic E-state index is 4.18. The highest BCUT2D eigenvalue weighted by molar-refractivity contribution is 5.01. The number of allylic oxidation sites excluding steroid dienone is 1. The van der Waals surface area contributed by atoms with Crippen LogP contribution in [-0.4, -0.2) is 17.5 Å². The van der Waals surface area contributed by atoms with E-state index in [0.717, 1.165) is 11.8 Å². The predicted octanol–water partition coefficient (Wildman–Crippen LogP) is 3.28. The summed E-state index contributed by atoms with van der Waals surface area (Å²) in [4.78, 5) is 2.44. The lowest BCUT2D eigenvalue weighted by molar-refractivity contribution is 0.179. The number of hydrogen-bond acceptors (Lipinski definition) is 1. The zero-order valence-corrected chi connectivity index (χ0v) is 9.51. The van der Waals surface area contributed by atoms with Gasteiger partial charge in [0.15, 0.2) is 0 Å². The Labute approximate surface area is 82.8 Å². The van der Waals surface area contributed by atoms with Gasteiger partial charge >= 0.3 is 0 Å². The molecule has 1 unspecified atom stereocenters. The Morgan fingerprint density at radius 2 is 1.92 bits per heavy atom. The van der Waals surface area contributed by atoms with Crippen molar-refractivity contribution in [2.75, 3.05) is 6.54 Å². The van der Waals surface area contributed by atoms with Crippen LogP contribution in [-0.2, 0) is 0 Å². The number of rotatable bonds is 2. The van der Waals surface area contributed by atoms with E-state index in [9.17, 15) is 0 Å². The molecule has 0 N–H and O–H groups in total. The van der Waals surface area contributed by atoms with Gasteiger partial charge in [0.25, 0.3) is 0 Å². The zero-order valence-electron chi connectivity index (χ0n) is 9.51. The Balaban J connectivity index is 2.52. The number of piperidine rings is 1. The molecular formula is C12H23N. The maximum Gasteiger partial charge on any atom is 0.0230 e. The fourth-order valence-corrected chi connectivity index (χ4v) is 2.18. The monoisotopic (exact) mass is 181 g/mol. The van der Waals surface area contributed by atoms with Gasteiger partial charge in [-0.15, -0.1) is 0 Å². The summed E-state index contributed by atoms with van der Waals surface area (Å²) in [6.07, 6.45) is 2.55. The van der Waals surface area contributed by atoms with Gasteiger partial charge in [-0.25, -0.2) is 0 Å². The number of nitrogens with zero attached hydrogens (tertiary/aromatic N) is 1. The highest BCUT2D eigenvalue weighted by Crippen LogP contribution is 2.30. The fourth-order valence-electron chi connectivity index (χ4n) is 2.18. The lowest BCUT2D eigenvalue weighted by atomic mass is 9.85. The first-order valence-corrected chi connectivity index (χ1v) is 5.46. The maximum absolute atomic E-state index is 4.18. The Kier molecular flexibility index (Phi) is 3.40. The van der Waals surface area contributed by atoms with Crippen molar-refractivity contribution >= 4 is 0 Å². The predicted molar refractivity (Wildman–Crippen MR) is 58.5 cm³/mol. The smallest absolute Gasteiger partial charge is 0.0230 e. The molecule has 0 aromatic carbocycles. The molecule has 1 atom stereocenters. The van der Waals surface area contributed by atoms with Gasteiger partial charge in [-0.1, -0.05) is 20.4 Å².